The van der Waals surface area contributed by atoms with E-state index in [1.165, 1.54) is 12.1 Å². The Morgan fingerprint density at radius 2 is 1.86 bits per heavy atom. The molecular weight excluding hydrogens is 302 g/mol. The normalized spacial score (nSPS) is 11.1. The predicted octanol–water partition coefficient (Wildman–Crippen LogP) is 2.37. The van der Waals surface area contributed by atoms with E-state index in [2.05, 4.69) is 5.32 Å². The van der Waals surface area contributed by atoms with Crippen molar-refractivity contribution in [3.8, 4) is 5.75 Å². The van der Waals surface area contributed by atoms with E-state index in [0.29, 0.717) is 17.7 Å². The first-order valence-corrected chi connectivity index (χ1v) is 8.62. The number of benzene rings is 2. The second-order valence-electron chi connectivity index (χ2n) is 4.98. The van der Waals surface area contributed by atoms with Crippen molar-refractivity contribution in [3.05, 3.63) is 54.1 Å². The van der Waals surface area contributed by atoms with Crippen LogP contribution in [-0.2, 0) is 21.1 Å². The van der Waals surface area contributed by atoms with Gasteiger partial charge >= 0.3 is 0 Å². The molecule has 0 saturated heterocycles. The highest BCUT2D eigenvalue weighted by molar-refractivity contribution is 7.90. The molecule has 0 aliphatic carbocycles. The lowest BCUT2D eigenvalue weighted by Gasteiger charge is -2.07. The lowest BCUT2D eigenvalue weighted by molar-refractivity contribution is -0.116. The van der Waals surface area contributed by atoms with Crippen molar-refractivity contribution in [1.29, 1.82) is 0 Å². The average Bonchev–Trinajstić information content (AvgIpc) is 2.46. The summed E-state index contributed by atoms with van der Waals surface area (Å²) in [7, 11) is -3.31. The fourth-order valence-corrected chi connectivity index (χ4v) is 2.67. The maximum absolute atomic E-state index is 11.9. The van der Waals surface area contributed by atoms with Crippen molar-refractivity contribution in [2.75, 3.05) is 11.6 Å². The third kappa shape index (κ3) is 4.33. The molecule has 0 radical (unpaired) electrons. The first-order chi connectivity index (χ1) is 10.4. The summed E-state index contributed by atoms with van der Waals surface area (Å²) in [6.45, 7) is 0. The molecule has 5 nitrogen and oxygen atoms in total. The van der Waals surface area contributed by atoms with Gasteiger partial charge in [0.15, 0.2) is 9.84 Å². The molecule has 0 aliphatic heterocycles. The number of hydrogen-bond donors (Lipinski definition) is 2. The molecule has 2 rings (SSSR count). The Balaban J connectivity index is 2.00. The number of aromatic hydroxyl groups is 1. The summed E-state index contributed by atoms with van der Waals surface area (Å²) in [5, 5.41) is 12.3. The van der Waals surface area contributed by atoms with Crippen LogP contribution < -0.4 is 5.32 Å². The second-order valence-corrected chi connectivity index (χ2v) is 6.99. The number of sulfone groups is 1. The summed E-state index contributed by atoms with van der Waals surface area (Å²) in [6.07, 6.45) is 1.72. The van der Waals surface area contributed by atoms with Gasteiger partial charge in [0.1, 0.15) is 5.75 Å². The Bertz CT molecular complexity index is 784. The molecule has 0 unspecified atom stereocenters. The molecule has 2 N–H and O–H groups in total. The number of hydrogen-bond acceptors (Lipinski definition) is 4. The summed E-state index contributed by atoms with van der Waals surface area (Å²) in [4.78, 5) is 12.1. The van der Waals surface area contributed by atoms with Crippen molar-refractivity contribution >= 4 is 21.4 Å². The van der Waals surface area contributed by atoms with Gasteiger partial charge in [-0.2, -0.15) is 0 Å². The van der Waals surface area contributed by atoms with Crippen LogP contribution in [0.1, 0.15) is 12.0 Å². The summed E-state index contributed by atoms with van der Waals surface area (Å²) in [5.74, 6) is -0.0803. The van der Waals surface area contributed by atoms with E-state index in [1.807, 2.05) is 0 Å². The Labute approximate surface area is 129 Å². The highest BCUT2D eigenvalue weighted by atomic mass is 32.2. The first kappa shape index (κ1) is 16.0. The molecule has 2 aromatic rings. The molecule has 2 aromatic carbocycles. The third-order valence-corrected chi connectivity index (χ3v) is 4.27. The van der Waals surface area contributed by atoms with Crippen molar-refractivity contribution in [1.82, 2.24) is 0 Å². The van der Waals surface area contributed by atoms with E-state index in [0.717, 1.165) is 6.26 Å². The van der Waals surface area contributed by atoms with Gasteiger partial charge in [-0.1, -0.05) is 24.3 Å². The monoisotopic (exact) mass is 319 g/mol. The fraction of sp³-hybridized carbons (Fsp3) is 0.188. The maximum Gasteiger partial charge on any atom is 0.224 e. The lowest BCUT2D eigenvalue weighted by atomic mass is 10.1. The van der Waals surface area contributed by atoms with Gasteiger partial charge in [-0.15, -0.1) is 0 Å². The van der Waals surface area contributed by atoms with E-state index in [1.54, 1.807) is 36.4 Å². The number of para-hydroxylation sites is 1. The highest BCUT2D eigenvalue weighted by Gasteiger charge is 2.09. The van der Waals surface area contributed by atoms with E-state index >= 15 is 0 Å². The van der Waals surface area contributed by atoms with Crippen LogP contribution in [0.5, 0.6) is 5.75 Å². The van der Waals surface area contributed by atoms with Gasteiger partial charge < -0.3 is 10.4 Å². The largest absolute Gasteiger partial charge is 0.508 e. The van der Waals surface area contributed by atoms with Crippen LogP contribution in [0.3, 0.4) is 0 Å². The minimum Gasteiger partial charge on any atom is -0.508 e. The van der Waals surface area contributed by atoms with Gasteiger partial charge in [0.25, 0.3) is 0 Å². The summed E-state index contributed by atoms with van der Waals surface area (Å²) < 4.78 is 23.0. The molecule has 6 heteroatoms. The van der Waals surface area contributed by atoms with Gasteiger partial charge in [0, 0.05) is 18.4 Å². The Morgan fingerprint density at radius 1 is 1.14 bits per heavy atom. The highest BCUT2D eigenvalue weighted by Crippen LogP contribution is 2.18. The molecule has 1 amide bonds. The molecule has 0 aliphatic rings. The molecule has 0 bridgehead atoms. The van der Waals surface area contributed by atoms with Crippen LogP contribution in [-0.4, -0.2) is 25.7 Å². The molecule has 0 heterocycles. The van der Waals surface area contributed by atoms with Crippen LogP contribution in [0.25, 0.3) is 0 Å². The standard InChI is InChI=1S/C16H17NO4S/c1-22(20,21)14-7-4-6-13(11-14)17-16(19)10-9-12-5-2-3-8-15(12)18/h2-8,11,18H,9-10H2,1H3,(H,17,19). The van der Waals surface area contributed by atoms with Gasteiger partial charge in [0.05, 0.1) is 4.90 Å². The third-order valence-electron chi connectivity index (χ3n) is 3.16. The minimum atomic E-state index is -3.31. The van der Waals surface area contributed by atoms with Crippen LogP contribution in [0.15, 0.2) is 53.4 Å². The summed E-state index contributed by atoms with van der Waals surface area (Å²) in [6, 6.07) is 13.0. The van der Waals surface area contributed by atoms with Gasteiger partial charge in [-0.05, 0) is 36.2 Å². The number of aryl methyl sites for hydroxylation is 1. The molecular formula is C16H17NO4S. The molecule has 0 fully saturated rings. The van der Waals surface area contributed by atoms with Crippen LogP contribution in [0.2, 0.25) is 0 Å². The number of nitrogens with one attached hydrogen (secondary N) is 1. The second kappa shape index (κ2) is 6.62. The topological polar surface area (TPSA) is 83.5 Å². The number of anilines is 1. The lowest BCUT2D eigenvalue weighted by Crippen LogP contribution is -2.12. The maximum atomic E-state index is 11.9. The fourth-order valence-electron chi connectivity index (χ4n) is 2.00. The average molecular weight is 319 g/mol. The predicted molar refractivity (Wildman–Crippen MR) is 84.6 cm³/mol. The van der Waals surface area contributed by atoms with Gasteiger partial charge in [0.2, 0.25) is 5.91 Å². The zero-order valence-electron chi connectivity index (χ0n) is 12.1. The van der Waals surface area contributed by atoms with E-state index in [-0.39, 0.29) is 23.0 Å². The van der Waals surface area contributed by atoms with Crippen LogP contribution in [0, 0.1) is 0 Å². The number of amides is 1. The molecule has 116 valence electrons. The molecule has 0 spiro atoms. The van der Waals surface area contributed by atoms with Crippen LogP contribution >= 0.6 is 0 Å². The van der Waals surface area contributed by atoms with Gasteiger partial charge in [-0.3, -0.25) is 4.79 Å². The molecule has 0 saturated carbocycles. The molecule has 0 atom stereocenters. The number of phenols is 1. The van der Waals surface area contributed by atoms with Crippen molar-refractivity contribution in [3.63, 3.8) is 0 Å². The quantitative estimate of drug-likeness (QED) is 0.886. The van der Waals surface area contributed by atoms with E-state index in [9.17, 15) is 18.3 Å². The molecule has 0 aromatic heterocycles. The Morgan fingerprint density at radius 3 is 2.55 bits per heavy atom. The minimum absolute atomic E-state index is 0.158. The number of phenolic OH excluding ortho intramolecular Hbond substituents is 1. The summed E-state index contributed by atoms with van der Waals surface area (Å²) >= 11 is 0. The van der Waals surface area contributed by atoms with Gasteiger partial charge in [-0.25, -0.2) is 8.42 Å². The number of carbonyl (C=O) groups is 1. The summed E-state index contributed by atoms with van der Waals surface area (Å²) in [5.41, 5.74) is 1.13. The smallest absolute Gasteiger partial charge is 0.224 e. The zero-order chi connectivity index (χ0) is 16.2. The Hall–Kier alpha value is -2.34. The Kier molecular flexibility index (Phi) is 4.82. The van der Waals surface area contributed by atoms with E-state index in [4.69, 9.17) is 0 Å². The molecule has 22 heavy (non-hydrogen) atoms. The number of carbonyl (C=O) groups excluding carboxylic acids is 1. The van der Waals surface area contributed by atoms with Crippen molar-refractivity contribution < 1.29 is 18.3 Å². The van der Waals surface area contributed by atoms with Crippen molar-refractivity contribution in [2.24, 2.45) is 0 Å². The number of rotatable bonds is 5. The SMILES string of the molecule is CS(=O)(=O)c1cccc(NC(=O)CCc2ccccc2O)c1. The zero-order valence-corrected chi connectivity index (χ0v) is 12.9. The van der Waals surface area contributed by atoms with Crippen molar-refractivity contribution in [2.45, 2.75) is 17.7 Å². The first-order valence-electron chi connectivity index (χ1n) is 6.73. The van der Waals surface area contributed by atoms with E-state index < -0.39 is 9.84 Å². The van der Waals surface area contributed by atoms with Crippen LogP contribution in [0.4, 0.5) is 5.69 Å².